The van der Waals surface area contributed by atoms with Gasteiger partial charge in [-0.1, -0.05) is 53.2 Å². The van der Waals surface area contributed by atoms with Gasteiger partial charge in [0.1, 0.15) is 0 Å². The maximum absolute atomic E-state index is 12.3. The van der Waals surface area contributed by atoms with E-state index >= 15 is 0 Å². The molecule has 2 N–H and O–H groups in total. The Balaban J connectivity index is 1.38. The first-order valence-electron chi connectivity index (χ1n) is 13.3. The molecule has 1 aliphatic heterocycles. The summed E-state index contributed by atoms with van der Waals surface area (Å²) < 4.78 is 6.21. The van der Waals surface area contributed by atoms with Gasteiger partial charge in [0.25, 0.3) is 0 Å². The SMILES string of the molecule is CC(C)[C@@H](C)[C@H]1O[C@@H]1[C@@H](C)[C@@]1(O)CC[C@H]2[C@@H]3CC=C4C[C@@H](O)CC[C@]4(C)[C@H]3CC[C@@]21C. The van der Waals surface area contributed by atoms with Crippen LogP contribution < -0.4 is 0 Å². The van der Waals surface area contributed by atoms with Crippen molar-refractivity contribution in [3.63, 3.8) is 0 Å². The minimum absolute atomic E-state index is 0.00103. The van der Waals surface area contributed by atoms with Crippen molar-refractivity contribution in [2.75, 3.05) is 0 Å². The average molecular weight is 431 g/mol. The summed E-state index contributed by atoms with van der Waals surface area (Å²) in [4.78, 5) is 0. The molecule has 0 aromatic heterocycles. The van der Waals surface area contributed by atoms with Gasteiger partial charge in [0.05, 0.1) is 23.9 Å². The molecule has 3 heteroatoms. The molecule has 4 aliphatic carbocycles. The molecule has 31 heavy (non-hydrogen) atoms. The zero-order valence-electron chi connectivity index (χ0n) is 20.7. The quantitative estimate of drug-likeness (QED) is 0.442. The predicted octanol–water partition coefficient (Wildman–Crippen LogP) is 5.74. The Morgan fingerprint density at radius 3 is 2.39 bits per heavy atom. The summed E-state index contributed by atoms with van der Waals surface area (Å²) in [5.41, 5.74) is 1.20. The summed E-state index contributed by atoms with van der Waals surface area (Å²) in [7, 11) is 0. The summed E-state index contributed by atoms with van der Waals surface area (Å²) in [6, 6.07) is 0. The van der Waals surface area contributed by atoms with E-state index in [1.807, 2.05) is 0 Å². The second-order valence-electron chi connectivity index (χ2n) is 13.0. The molecule has 3 nitrogen and oxygen atoms in total. The largest absolute Gasteiger partial charge is 0.393 e. The highest BCUT2D eigenvalue weighted by molar-refractivity contribution is 5.26. The third-order valence-corrected chi connectivity index (χ3v) is 11.7. The number of allylic oxidation sites excluding steroid dienone is 1. The molecule has 0 unspecified atom stereocenters. The summed E-state index contributed by atoms with van der Waals surface area (Å²) in [6.45, 7) is 14.1. The second kappa shape index (κ2) is 7.31. The zero-order valence-corrected chi connectivity index (χ0v) is 20.7. The molecule has 1 heterocycles. The smallest absolute Gasteiger partial charge is 0.0897 e. The van der Waals surface area contributed by atoms with E-state index < -0.39 is 5.60 Å². The molecule has 3 saturated carbocycles. The Hall–Kier alpha value is -0.380. The molecule has 5 aliphatic rings. The molecule has 0 amide bonds. The van der Waals surface area contributed by atoms with E-state index in [9.17, 15) is 10.2 Å². The molecular formula is C28H46O3. The molecule has 4 fully saturated rings. The van der Waals surface area contributed by atoms with Gasteiger partial charge in [-0.25, -0.2) is 0 Å². The third kappa shape index (κ3) is 3.08. The van der Waals surface area contributed by atoms with Gasteiger partial charge < -0.3 is 14.9 Å². The lowest BCUT2D eigenvalue weighted by Crippen LogP contribution is -2.57. The monoisotopic (exact) mass is 430 g/mol. The zero-order chi connectivity index (χ0) is 22.3. The molecule has 0 spiro atoms. The van der Waals surface area contributed by atoms with E-state index in [2.05, 4.69) is 47.6 Å². The summed E-state index contributed by atoms with van der Waals surface area (Å²) in [5, 5.41) is 22.5. The summed E-state index contributed by atoms with van der Waals surface area (Å²) >= 11 is 0. The highest BCUT2D eigenvalue weighted by atomic mass is 16.6. The van der Waals surface area contributed by atoms with Crippen molar-refractivity contribution in [1.29, 1.82) is 0 Å². The number of aliphatic hydroxyl groups excluding tert-OH is 1. The normalized spacial score (nSPS) is 53.3. The average Bonchev–Trinajstić information content (AvgIpc) is 3.47. The first-order chi connectivity index (χ1) is 14.5. The van der Waals surface area contributed by atoms with E-state index in [0.717, 1.165) is 50.9 Å². The van der Waals surface area contributed by atoms with E-state index in [-0.39, 0.29) is 29.0 Å². The molecule has 11 atom stereocenters. The number of fused-ring (bicyclic) bond motifs is 5. The Morgan fingerprint density at radius 1 is 0.968 bits per heavy atom. The van der Waals surface area contributed by atoms with Gasteiger partial charge in [0, 0.05) is 5.92 Å². The van der Waals surface area contributed by atoms with Crippen LogP contribution in [-0.4, -0.2) is 34.1 Å². The van der Waals surface area contributed by atoms with Gasteiger partial charge in [0.15, 0.2) is 0 Å². The number of ether oxygens (including phenoxy) is 1. The molecule has 0 radical (unpaired) electrons. The van der Waals surface area contributed by atoms with Gasteiger partial charge >= 0.3 is 0 Å². The summed E-state index contributed by atoms with van der Waals surface area (Å²) in [6.07, 6.45) is 11.5. The second-order valence-corrected chi connectivity index (χ2v) is 13.0. The fraction of sp³-hybridized carbons (Fsp3) is 0.929. The number of epoxide rings is 1. The molecule has 5 rings (SSSR count). The van der Waals surface area contributed by atoms with Crippen LogP contribution in [0.5, 0.6) is 0 Å². The minimum atomic E-state index is -0.605. The van der Waals surface area contributed by atoms with Gasteiger partial charge in [-0.15, -0.1) is 0 Å². The van der Waals surface area contributed by atoms with Crippen LogP contribution in [0.1, 0.15) is 92.9 Å². The van der Waals surface area contributed by atoms with E-state index in [1.54, 1.807) is 0 Å². The maximum atomic E-state index is 12.3. The van der Waals surface area contributed by atoms with E-state index in [4.69, 9.17) is 4.74 Å². The fourth-order valence-electron chi connectivity index (χ4n) is 9.05. The minimum Gasteiger partial charge on any atom is -0.393 e. The molecule has 1 saturated heterocycles. The number of hydrogen-bond donors (Lipinski definition) is 2. The molecule has 176 valence electrons. The van der Waals surface area contributed by atoms with Crippen LogP contribution >= 0.6 is 0 Å². The van der Waals surface area contributed by atoms with Gasteiger partial charge in [-0.3, -0.25) is 0 Å². The van der Waals surface area contributed by atoms with Crippen LogP contribution in [0, 0.1) is 46.3 Å². The summed E-state index contributed by atoms with van der Waals surface area (Å²) in [5.74, 6) is 3.41. The van der Waals surface area contributed by atoms with E-state index in [0.29, 0.717) is 29.8 Å². The van der Waals surface area contributed by atoms with Crippen LogP contribution in [0.2, 0.25) is 0 Å². The third-order valence-electron chi connectivity index (χ3n) is 11.7. The fourth-order valence-corrected chi connectivity index (χ4v) is 9.05. The molecule has 0 aromatic carbocycles. The van der Waals surface area contributed by atoms with Gasteiger partial charge in [-0.2, -0.15) is 0 Å². The van der Waals surface area contributed by atoms with Crippen molar-refractivity contribution >= 4 is 0 Å². The van der Waals surface area contributed by atoms with Crippen molar-refractivity contribution in [2.45, 2.75) is 117 Å². The van der Waals surface area contributed by atoms with Crippen molar-refractivity contribution in [3.8, 4) is 0 Å². The van der Waals surface area contributed by atoms with Gasteiger partial charge in [-0.05, 0) is 91.8 Å². The van der Waals surface area contributed by atoms with Crippen molar-refractivity contribution in [1.82, 2.24) is 0 Å². The van der Waals surface area contributed by atoms with Crippen LogP contribution in [-0.2, 0) is 4.74 Å². The van der Waals surface area contributed by atoms with Crippen LogP contribution in [0.25, 0.3) is 0 Å². The Bertz CT molecular complexity index is 745. The lowest BCUT2D eigenvalue weighted by atomic mass is 9.46. The first kappa shape index (κ1) is 22.4. The number of aliphatic hydroxyl groups is 2. The van der Waals surface area contributed by atoms with Crippen molar-refractivity contribution in [2.24, 2.45) is 46.3 Å². The van der Waals surface area contributed by atoms with Gasteiger partial charge in [0.2, 0.25) is 0 Å². The Morgan fingerprint density at radius 2 is 1.68 bits per heavy atom. The van der Waals surface area contributed by atoms with E-state index in [1.165, 1.54) is 12.0 Å². The highest BCUT2D eigenvalue weighted by Gasteiger charge is 2.67. The Labute approximate surface area is 190 Å². The van der Waals surface area contributed by atoms with Crippen LogP contribution in [0.4, 0.5) is 0 Å². The lowest BCUT2D eigenvalue weighted by Gasteiger charge is -2.59. The lowest BCUT2D eigenvalue weighted by molar-refractivity contribution is -0.152. The molecular weight excluding hydrogens is 384 g/mol. The predicted molar refractivity (Wildman–Crippen MR) is 124 cm³/mol. The molecule has 0 aromatic rings. The van der Waals surface area contributed by atoms with Crippen LogP contribution in [0.15, 0.2) is 11.6 Å². The highest BCUT2D eigenvalue weighted by Crippen LogP contribution is 2.69. The Kier molecular flexibility index (Phi) is 5.28. The number of hydrogen-bond acceptors (Lipinski definition) is 3. The first-order valence-corrected chi connectivity index (χ1v) is 13.3. The van der Waals surface area contributed by atoms with Crippen molar-refractivity contribution in [3.05, 3.63) is 11.6 Å². The van der Waals surface area contributed by atoms with Crippen LogP contribution in [0.3, 0.4) is 0 Å². The standard InChI is InChI=1S/C28H46O3/c1-16(2)17(3)24-25(31-24)18(4)28(30)14-11-23-21-8-7-19-15-20(29)9-12-26(19,5)22(21)10-13-27(23,28)6/h7,16-18,20-25,29-30H,8-15H2,1-6H3/t17-,18-,20+,21-,22+,23+,24-,25-,26+,27+,28+/m1/s1. The van der Waals surface area contributed by atoms with Crippen molar-refractivity contribution < 1.29 is 14.9 Å². The number of rotatable bonds is 4. The topological polar surface area (TPSA) is 53.0 Å². The maximum Gasteiger partial charge on any atom is 0.0897 e. The molecule has 0 bridgehead atoms.